The van der Waals surface area contributed by atoms with Gasteiger partial charge in [-0.3, -0.25) is 0 Å². The molecule has 0 heterocycles. The molecular weight excluding hydrogens is 167 g/mol. The van der Waals surface area contributed by atoms with E-state index in [1.54, 1.807) is 0 Å². The predicted molar refractivity (Wildman–Crippen MR) is 28.0 cm³/mol. The first kappa shape index (κ1) is 11.4. The summed E-state index contributed by atoms with van der Waals surface area (Å²) in [6, 6.07) is 0. The first-order valence-electron chi connectivity index (χ1n) is 2.03. The van der Waals surface area contributed by atoms with Crippen LogP contribution < -0.4 is 24.0 Å². The third kappa shape index (κ3) is 9.74. The number of aliphatic carboxylic acids is 1. The van der Waals surface area contributed by atoms with Crippen molar-refractivity contribution in [3.63, 3.8) is 0 Å². The number of carboxylic acids is 1. The smallest absolute Gasteiger partial charge is 0.550 e. The summed E-state index contributed by atoms with van der Waals surface area (Å²) in [6.45, 7) is 0. The molecule has 0 aliphatic rings. The molecule has 4 heteroatoms. The molecule has 8 heavy (non-hydrogen) atoms. The second kappa shape index (κ2) is 7.55. The predicted octanol–water partition coefficient (Wildman–Crippen LogP) is -3.08. The van der Waals surface area contributed by atoms with E-state index in [0.717, 1.165) is 5.33 Å². The van der Waals surface area contributed by atoms with Gasteiger partial charge in [0.05, 0.1) is 0 Å². The summed E-state index contributed by atoms with van der Waals surface area (Å²) >= 11 is 3.09. The van der Waals surface area contributed by atoms with Crippen molar-refractivity contribution in [2.75, 3.05) is 5.33 Å². The maximum atomic E-state index is 9.63. The molecular formula is C4H6BrLiO2. The van der Waals surface area contributed by atoms with Gasteiger partial charge in [0.15, 0.2) is 0 Å². The van der Waals surface area contributed by atoms with Crippen molar-refractivity contribution in [3.05, 3.63) is 0 Å². The average Bonchev–Trinajstić information content (AvgIpc) is 1.61. The molecule has 0 radical (unpaired) electrons. The van der Waals surface area contributed by atoms with Crippen LogP contribution in [0.3, 0.4) is 0 Å². The molecule has 0 unspecified atom stereocenters. The van der Waals surface area contributed by atoms with Gasteiger partial charge in [0.1, 0.15) is 0 Å². The number of hydrogen-bond acceptors (Lipinski definition) is 2. The Hall–Kier alpha value is 0.547. The van der Waals surface area contributed by atoms with E-state index in [0.29, 0.717) is 6.42 Å². The number of hydrogen-bond donors (Lipinski definition) is 0. The number of rotatable bonds is 3. The van der Waals surface area contributed by atoms with Gasteiger partial charge >= 0.3 is 18.9 Å². The van der Waals surface area contributed by atoms with Gasteiger partial charge in [-0.05, 0) is 12.8 Å². The zero-order valence-corrected chi connectivity index (χ0v) is 6.40. The van der Waals surface area contributed by atoms with E-state index in [4.69, 9.17) is 0 Å². The van der Waals surface area contributed by atoms with Crippen LogP contribution in [0.4, 0.5) is 0 Å². The second-order valence-electron chi connectivity index (χ2n) is 1.16. The molecule has 42 valence electrons. The Labute approximate surface area is 69.0 Å². The molecule has 0 aliphatic heterocycles. The summed E-state index contributed by atoms with van der Waals surface area (Å²) < 4.78 is 0. The second-order valence-corrected chi connectivity index (χ2v) is 1.96. The van der Waals surface area contributed by atoms with Gasteiger partial charge in [-0.1, -0.05) is 15.9 Å². The van der Waals surface area contributed by atoms with Crippen LogP contribution in [0.1, 0.15) is 12.8 Å². The van der Waals surface area contributed by atoms with Gasteiger partial charge in [-0.25, -0.2) is 0 Å². The van der Waals surface area contributed by atoms with E-state index < -0.39 is 5.97 Å². The van der Waals surface area contributed by atoms with Gasteiger partial charge in [0, 0.05) is 11.3 Å². The number of carbonyl (C=O) groups excluding carboxylic acids is 1. The molecule has 0 fully saturated rings. The fourth-order valence-electron chi connectivity index (χ4n) is 0.211. The normalized spacial score (nSPS) is 7.62. The van der Waals surface area contributed by atoms with Crippen LogP contribution in [0.15, 0.2) is 0 Å². The van der Waals surface area contributed by atoms with Crippen LogP contribution in [-0.2, 0) is 4.79 Å². The van der Waals surface area contributed by atoms with E-state index in [1.165, 1.54) is 0 Å². The van der Waals surface area contributed by atoms with E-state index in [9.17, 15) is 9.90 Å². The molecule has 0 aromatic heterocycles. The molecule has 0 spiro atoms. The molecule has 0 amide bonds. The molecule has 0 saturated heterocycles. The Morgan fingerprint density at radius 1 is 1.62 bits per heavy atom. The maximum Gasteiger partial charge on any atom is 1.00 e. The molecule has 0 aliphatic carbocycles. The molecule has 0 rings (SSSR count). The molecule has 0 aromatic rings. The fraction of sp³-hybridized carbons (Fsp3) is 0.750. The van der Waals surface area contributed by atoms with Crippen molar-refractivity contribution in [2.24, 2.45) is 0 Å². The quantitative estimate of drug-likeness (QED) is 0.335. The summed E-state index contributed by atoms with van der Waals surface area (Å²) in [5, 5.41) is 10.4. The number of carboxylic acid groups (broad SMARTS) is 1. The minimum atomic E-state index is -0.973. The van der Waals surface area contributed by atoms with E-state index in [-0.39, 0.29) is 25.3 Å². The Morgan fingerprint density at radius 2 is 2.12 bits per heavy atom. The van der Waals surface area contributed by atoms with Gasteiger partial charge < -0.3 is 9.90 Å². The summed E-state index contributed by atoms with van der Waals surface area (Å²) in [4.78, 5) is 9.63. The van der Waals surface area contributed by atoms with Crippen molar-refractivity contribution in [1.29, 1.82) is 0 Å². The monoisotopic (exact) mass is 172 g/mol. The zero-order chi connectivity index (χ0) is 5.70. The van der Waals surface area contributed by atoms with Crippen LogP contribution >= 0.6 is 15.9 Å². The minimum absolute atomic E-state index is 0. The van der Waals surface area contributed by atoms with Gasteiger partial charge in [-0.15, -0.1) is 0 Å². The SMILES string of the molecule is O=C([O-])CCCBr.[Li+]. The van der Waals surface area contributed by atoms with Crippen LogP contribution in [0.25, 0.3) is 0 Å². The van der Waals surface area contributed by atoms with Gasteiger partial charge in [-0.2, -0.15) is 0 Å². The topological polar surface area (TPSA) is 40.1 Å². The van der Waals surface area contributed by atoms with Gasteiger partial charge in [0.2, 0.25) is 0 Å². The minimum Gasteiger partial charge on any atom is -0.550 e. The summed E-state index contributed by atoms with van der Waals surface area (Å²) in [5.41, 5.74) is 0. The third-order valence-electron chi connectivity index (χ3n) is 0.515. The van der Waals surface area contributed by atoms with Crippen LogP contribution in [0.2, 0.25) is 0 Å². The first-order valence-corrected chi connectivity index (χ1v) is 3.15. The molecule has 0 bridgehead atoms. The Balaban J connectivity index is 0. The molecule has 0 aromatic carbocycles. The maximum absolute atomic E-state index is 9.63. The Kier molecular flexibility index (Phi) is 10.7. The molecule has 0 saturated carbocycles. The Morgan fingerprint density at radius 3 is 2.25 bits per heavy atom. The molecule has 0 N–H and O–H groups in total. The van der Waals surface area contributed by atoms with Crippen LogP contribution in [0, 0.1) is 0 Å². The largest absolute Gasteiger partial charge is 1.00 e. The van der Waals surface area contributed by atoms with Crippen molar-refractivity contribution in [1.82, 2.24) is 0 Å². The van der Waals surface area contributed by atoms with Crippen molar-refractivity contribution < 1.29 is 28.8 Å². The zero-order valence-electron chi connectivity index (χ0n) is 4.82. The number of halogens is 1. The van der Waals surface area contributed by atoms with Crippen molar-refractivity contribution >= 4 is 21.9 Å². The Bertz CT molecular complexity index is 67.1. The number of carbonyl (C=O) groups is 1. The summed E-state index contributed by atoms with van der Waals surface area (Å²) in [5.74, 6) is -0.973. The van der Waals surface area contributed by atoms with Crippen molar-refractivity contribution in [3.8, 4) is 0 Å². The average molecular weight is 173 g/mol. The van der Waals surface area contributed by atoms with Crippen LogP contribution in [-0.4, -0.2) is 11.3 Å². The summed E-state index contributed by atoms with van der Waals surface area (Å²) in [6.07, 6.45) is 0.813. The van der Waals surface area contributed by atoms with E-state index in [2.05, 4.69) is 15.9 Å². The first-order chi connectivity index (χ1) is 3.27. The number of alkyl halides is 1. The van der Waals surface area contributed by atoms with E-state index >= 15 is 0 Å². The van der Waals surface area contributed by atoms with Crippen molar-refractivity contribution in [2.45, 2.75) is 12.8 Å². The van der Waals surface area contributed by atoms with E-state index in [1.807, 2.05) is 0 Å². The molecule has 2 nitrogen and oxygen atoms in total. The van der Waals surface area contributed by atoms with Crippen LogP contribution in [0.5, 0.6) is 0 Å². The molecule has 0 atom stereocenters. The standard InChI is InChI=1S/C4H7BrO2.Li/c5-3-1-2-4(6)7;/h1-3H2,(H,6,7);/q;+1/p-1. The fourth-order valence-corrected chi connectivity index (χ4v) is 0.492. The summed E-state index contributed by atoms with van der Waals surface area (Å²) in [7, 11) is 0. The van der Waals surface area contributed by atoms with Gasteiger partial charge in [0.25, 0.3) is 0 Å². The third-order valence-corrected chi connectivity index (χ3v) is 1.08.